The second kappa shape index (κ2) is 8.98. The summed E-state index contributed by atoms with van der Waals surface area (Å²) in [6.45, 7) is 5.26. The van der Waals surface area contributed by atoms with Gasteiger partial charge in [0.15, 0.2) is 0 Å². The van der Waals surface area contributed by atoms with Crippen molar-refractivity contribution in [1.29, 1.82) is 5.26 Å². The summed E-state index contributed by atoms with van der Waals surface area (Å²) in [5.41, 5.74) is 9.33. The fourth-order valence-electron chi connectivity index (χ4n) is 2.60. The van der Waals surface area contributed by atoms with Gasteiger partial charge in [-0.3, -0.25) is 0 Å². The van der Waals surface area contributed by atoms with Crippen molar-refractivity contribution in [2.24, 2.45) is 11.7 Å². The smallest absolute Gasteiger partial charge is 0.119 e. The molecular weight excluding hydrogens is 296 g/mol. The third-order valence-electron chi connectivity index (χ3n) is 4.35. The van der Waals surface area contributed by atoms with Gasteiger partial charge in [0.1, 0.15) is 5.75 Å². The van der Waals surface area contributed by atoms with E-state index in [9.17, 15) is 5.26 Å². The Morgan fingerprint density at radius 2 is 2.04 bits per heavy atom. The predicted octanol–water partition coefficient (Wildman–Crippen LogP) is 4.97. The Morgan fingerprint density at radius 3 is 2.71 bits per heavy atom. The van der Waals surface area contributed by atoms with Gasteiger partial charge in [-0.05, 0) is 54.2 Å². The standard InChI is InChI=1S/C21H26N2O/c1-3-16(2)5-4-12-24-21-10-6-17(7-11-21)13-19-14-20(23)9-8-18(19)15-22/h6-11,13,16H,3-5,12,14,23H2,1-2H3/t16-/m0/s1. The number of hydrogen-bond acceptors (Lipinski definition) is 3. The van der Waals surface area contributed by atoms with Gasteiger partial charge in [0.2, 0.25) is 0 Å². The van der Waals surface area contributed by atoms with Crippen LogP contribution in [-0.4, -0.2) is 6.61 Å². The maximum absolute atomic E-state index is 9.20. The lowest BCUT2D eigenvalue weighted by atomic mass is 9.95. The quantitative estimate of drug-likeness (QED) is 0.721. The van der Waals surface area contributed by atoms with Crippen LogP contribution in [0.1, 0.15) is 45.1 Å². The first-order valence-corrected chi connectivity index (χ1v) is 8.62. The number of allylic oxidation sites excluding steroid dienone is 4. The maximum Gasteiger partial charge on any atom is 0.119 e. The minimum atomic E-state index is 0.618. The molecule has 0 amide bonds. The first kappa shape index (κ1) is 17.9. The van der Waals surface area contributed by atoms with E-state index in [0.717, 1.165) is 41.5 Å². The lowest BCUT2D eigenvalue weighted by Crippen LogP contribution is -2.04. The Morgan fingerprint density at radius 1 is 1.29 bits per heavy atom. The Labute approximate surface area is 145 Å². The third-order valence-corrected chi connectivity index (χ3v) is 4.35. The van der Waals surface area contributed by atoms with Gasteiger partial charge in [-0.2, -0.15) is 5.26 Å². The van der Waals surface area contributed by atoms with Crippen LogP contribution < -0.4 is 10.5 Å². The van der Waals surface area contributed by atoms with Crippen molar-refractivity contribution in [2.45, 2.75) is 39.5 Å². The van der Waals surface area contributed by atoms with Crippen molar-refractivity contribution in [2.75, 3.05) is 6.61 Å². The highest BCUT2D eigenvalue weighted by atomic mass is 16.5. The van der Waals surface area contributed by atoms with Gasteiger partial charge in [0.05, 0.1) is 18.2 Å². The second-order valence-electron chi connectivity index (χ2n) is 6.35. The molecule has 0 saturated heterocycles. The monoisotopic (exact) mass is 322 g/mol. The second-order valence-corrected chi connectivity index (χ2v) is 6.35. The number of ether oxygens (including phenoxy) is 1. The van der Waals surface area contributed by atoms with Crippen molar-refractivity contribution < 1.29 is 4.74 Å². The molecule has 1 aliphatic rings. The van der Waals surface area contributed by atoms with E-state index in [1.165, 1.54) is 12.8 Å². The van der Waals surface area contributed by atoms with E-state index in [4.69, 9.17) is 10.5 Å². The molecule has 1 aromatic carbocycles. The molecule has 1 aliphatic carbocycles. The molecule has 0 fully saturated rings. The molecule has 24 heavy (non-hydrogen) atoms. The van der Waals surface area contributed by atoms with Crippen LogP contribution in [-0.2, 0) is 0 Å². The van der Waals surface area contributed by atoms with Crippen LogP contribution in [0.15, 0.2) is 53.3 Å². The third kappa shape index (κ3) is 5.31. The zero-order valence-electron chi connectivity index (χ0n) is 14.6. The summed E-state index contributed by atoms with van der Waals surface area (Å²) in [4.78, 5) is 0. The minimum Gasteiger partial charge on any atom is -0.494 e. The SMILES string of the molecule is CC[C@H](C)CCCOc1ccc(C=C2CC(N)=CC=C2C#N)cc1. The summed E-state index contributed by atoms with van der Waals surface area (Å²) in [7, 11) is 0. The van der Waals surface area contributed by atoms with Gasteiger partial charge in [-0.15, -0.1) is 0 Å². The molecule has 0 spiro atoms. The first-order chi connectivity index (χ1) is 11.6. The van der Waals surface area contributed by atoms with Crippen molar-refractivity contribution in [3.63, 3.8) is 0 Å². The van der Waals surface area contributed by atoms with Gasteiger partial charge in [-0.25, -0.2) is 0 Å². The van der Waals surface area contributed by atoms with Gasteiger partial charge >= 0.3 is 0 Å². The molecule has 0 heterocycles. The van der Waals surface area contributed by atoms with E-state index in [-0.39, 0.29) is 0 Å². The molecule has 0 aromatic heterocycles. The molecule has 0 saturated carbocycles. The molecule has 2 rings (SSSR count). The normalized spacial score (nSPS) is 17.0. The van der Waals surface area contributed by atoms with Crippen molar-refractivity contribution >= 4 is 6.08 Å². The molecular formula is C21H26N2O. The largest absolute Gasteiger partial charge is 0.494 e. The summed E-state index contributed by atoms with van der Waals surface area (Å²) in [6, 6.07) is 10.2. The van der Waals surface area contributed by atoms with E-state index in [1.54, 1.807) is 12.2 Å². The number of nitrogens with zero attached hydrogens (tertiary/aromatic N) is 1. The summed E-state index contributed by atoms with van der Waals surface area (Å²) in [5.74, 6) is 1.65. The summed E-state index contributed by atoms with van der Waals surface area (Å²) in [5, 5.41) is 9.20. The summed E-state index contributed by atoms with van der Waals surface area (Å²) < 4.78 is 5.79. The molecule has 0 bridgehead atoms. The number of rotatable bonds is 7. The van der Waals surface area contributed by atoms with Crippen LogP contribution in [0.2, 0.25) is 0 Å². The van der Waals surface area contributed by atoms with E-state index < -0.39 is 0 Å². The van der Waals surface area contributed by atoms with Gasteiger partial charge in [0.25, 0.3) is 0 Å². The molecule has 0 aliphatic heterocycles. The van der Waals surface area contributed by atoms with Crippen LogP contribution >= 0.6 is 0 Å². The average molecular weight is 322 g/mol. The Balaban J connectivity index is 1.93. The molecule has 1 aromatic rings. The highest BCUT2D eigenvalue weighted by Crippen LogP contribution is 2.25. The fraction of sp³-hybridized carbons (Fsp3) is 0.381. The Hall–Kier alpha value is -2.47. The van der Waals surface area contributed by atoms with Gasteiger partial charge in [0, 0.05) is 12.1 Å². The van der Waals surface area contributed by atoms with Crippen molar-refractivity contribution in [3.05, 3.63) is 58.8 Å². The first-order valence-electron chi connectivity index (χ1n) is 8.62. The molecule has 3 heteroatoms. The van der Waals surface area contributed by atoms with E-state index in [0.29, 0.717) is 12.0 Å². The highest BCUT2D eigenvalue weighted by molar-refractivity contribution is 5.64. The Bertz CT molecular complexity index is 675. The van der Waals surface area contributed by atoms with E-state index >= 15 is 0 Å². The van der Waals surface area contributed by atoms with Crippen LogP contribution in [0.3, 0.4) is 0 Å². The lowest BCUT2D eigenvalue weighted by molar-refractivity contribution is 0.294. The van der Waals surface area contributed by atoms with Crippen molar-refractivity contribution in [1.82, 2.24) is 0 Å². The summed E-state index contributed by atoms with van der Waals surface area (Å²) >= 11 is 0. The topological polar surface area (TPSA) is 59.0 Å². The maximum atomic E-state index is 9.20. The van der Waals surface area contributed by atoms with Crippen molar-refractivity contribution in [3.8, 4) is 11.8 Å². The van der Waals surface area contributed by atoms with E-state index in [1.807, 2.05) is 30.3 Å². The number of nitrogens with two attached hydrogens (primary N) is 1. The number of hydrogen-bond donors (Lipinski definition) is 1. The highest BCUT2D eigenvalue weighted by Gasteiger charge is 2.10. The minimum absolute atomic E-state index is 0.618. The van der Waals surface area contributed by atoms with Crippen LogP contribution in [0, 0.1) is 17.2 Å². The van der Waals surface area contributed by atoms with Crippen LogP contribution in [0.25, 0.3) is 6.08 Å². The molecule has 126 valence electrons. The fourth-order valence-corrected chi connectivity index (χ4v) is 2.60. The summed E-state index contributed by atoms with van der Waals surface area (Å²) in [6.07, 6.45) is 9.73. The zero-order valence-corrected chi connectivity index (χ0v) is 14.6. The van der Waals surface area contributed by atoms with Gasteiger partial charge in [-0.1, -0.05) is 38.5 Å². The number of benzene rings is 1. The van der Waals surface area contributed by atoms with Crippen LogP contribution in [0.4, 0.5) is 0 Å². The van der Waals surface area contributed by atoms with E-state index in [2.05, 4.69) is 19.9 Å². The average Bonchev–Trinajstić information content (AvgIpc) is 2.60. The molecule has 2 N–H and O–H groups in total. The molecule has 3 nitrogen and oxygen atoms in total. The number of nitriles is 1. The molecule has 1 atom stereocenters. The van der Waals surface area contributed by atoms with Gasteiger partial charge < -0.3 is 10.5 Å². The molecule has 0 unspecified atom stereocenters. The zero-order chi connectivity index (χ0) is 17.4. The Kier molecular flexibility index (Phi) is 6.69. The van der Waals surface area contributed by atoms with Crippen LogP contribution in [0.5, 0.6) is 5.75 Å². The lowest BCUT2D eigenvalue weighted by Gasteiger charge is -2.12. The molecule has 0 radical (unpaired) electrons. The predicted molar refractivity (Wildman–Crippen MR) is 99.2 cm³/mol.